The minimum atomic E-state index is -3.30. The molecule has 0 spiro atoms. The maximum Gasteiger partial charge on any atom is 0.175 e. The average Bonchev–Trinajstić information content (AvgIpc) is 3.10. The molecule has 7 heteroatoms. The minimum absolute atomic E-state index is 0.188. The van der Waals surface area contributed by atoms with Crippen LogP contribution in [0.3, 0.4) is 0 Å². The van der Waals surface area contributed by atoms with E-state index in [1.165, 1.54) is 12.3 Å². The highest BCUT2D eigenvalue weighted by atomic mass is 32.2. The summed E-state index contributed by atoms with van der Waals surface area (Å²) in [6.45, 7) is 0.188. The van der Waals surface area contributed by atoms with Crippen molar-refractivity contribution in [2.45, 2.75) is 11.5 Å². The number of imidazole rings is 1. The maximum atomic E-state index is 11.8. The van der Waals surface area contributed by atoms with Crippen LogP contribution in [0.1, 0.15) is 5.82 Å². The first-order valence-electron chi connectivity index (χ1n) is 8.99. The topological polar surface area (TPSA) is 70.4 Å². The lowest BCUT2D eigenvalue weighted by molar-refractivity contribution is 0.294. The minimum Gasteiger partial charge on any atom is -0.497 e. The molecule has 0 saturated heterocycles. The molecule has 0 saturated carbocycles. The van der Waals surface area contributed by atoms with E-state index in [9.17, 15) is 8.42 Å². The van der Waals surface area contributed by atoms with Gasteiger partial charge in [0.05, 0.1) is 23.0 Å². The largest absolute Gasteiger partial charge is 0.497 e. The number of sulfone groups is 1. The molecule has 0 bridgehead atoms. The second-order valence-corrected chi connectivity index (χ2v) is 8.60. The Bertz CT molecular complexity index is 1260. The number of rotatable bonds is 6. The van der Waals surface area contributed by atoms with Crippen LogP contribution in [0.4, 0.5) is 0 Å². The molecule has 6 nitrogen and oxygen atoms in total. The Morgan fingerprint density at radius 3 is 2.41 bits per heavy atom. The molecule has 4 aromatic rings. The molecule has 29 heavy (non-hydrogen) atoms. The summed E-state index contributed by atoms with van der Waals surface area (Å²) in [7, 11) is -1.67. The van der Waals surface area contributed by atoms with Gasteiger partial charge in [-0.1, -0.05) is 18.2 Å². The van der Waals surface area contributed by atoms with E-state index >= 15 is 0 Å². The van der Waals surface area contributed by atoms with E-state index in [1.807, 2.05) is 53.1 Å². The van der Waals surface area contributed by atoms with Crippen molar-refractivity contribution in [3.63, 3.8) is 0 Å². The summed E-state index contributed by atoms with van der Waals surface area (Å²) in [5.41, 5.74) is 2.75. The smallest absolute Gasteiger partial charge is 0.175 e. The fraction of sp³-hybridized carbons (Fsp3) is 0.136. The molecule has 1 aromatic heterocycles. The lowest BCUT2D eigenvalue weighted by Gasteiger charge is -2.12. The van der Waals surface area contributed by atoms with Gasteiger partial charge in [0.15, 0.2) is 15.7 Å². The molecular weight excluding hydrogens is 388 g/mol. The summed E-state index contributed by atoms with van der Waals surface area (Å²) < 4.78 is 36.7. The van der Waals surface area contributed by atoms with Crippen molar-refractivity contribution in [1.29, 1.82) is 0 Å². The number of para-hydroxylation sites is 2. The SMILES string of the molecule is COc1ccc(-n2c(COc3cccc(S(C)(=O)=O)c3)nc3ccccc32)cc1. The van der Waals surface area contributed by atoms with E-state index in [1.54, 1.807) is 25.3 Å². The van der Waals surface area contributed by atoms with Crippen LogP contribution < -0.4 is 9.47 Å². The highest BCUT2D eigenvalue weighted by Gasteiger charge is 2.14. The maximum absolute atomic E-state index is 11.8. The Labute approximate surface area is 169 Å². The Balaban J connectivity index is 1.70. The van der Waals surface area contributed by atoms with Crippen LogP contribution >= 0.6 is 0 Å². The van der Waals surface area contributed by atoms with Gasteiger partial charge in [-0.05, 0) is 54.6 Å². The molecule has 0 fully saturated rings. The summed E-state index contributed by atoms with van der Waals surface area (Å²) in [5, 5.41) is 0. The molecule has 0 amide bonds. The van der Waals surface area contributed by atoms with Gasteiger partial charge in [0.2, 0.25) is 0 Å². The normalized spacial score (nSPS) is 11.5. The first kappa shape index (κ1) is 19.0. The molecular formula is C22H20N2O4S. The van der Waals surface area contributed by atoms with Crippen molar-refractivity contribution in [2.24, 2.45) is 0 Å². The lowest BCUT2D eigenvalue weighted by atomic mass is 10.2. The van der Waals surface area contributed by atoms with Crippen molar-refractivity contribution in [3.8, 4) is 17.2 Å². The van der Waals surface area contributed by atoms with Gasteiger partial charge in [-0.2, -0.15) is 0 Å². The molecule has 0 N–H and O–H groups in total. The quantitative estimate of drug-likeness (QED) is 0.482. The van der Waals surface area contributed by atoms with Crippen molar-refractivity contribution >= 4 is 20.9 Å². The summed E-state index contributed by atoms with van der Waals surface area (Å²) in [6.07, 6.45) is 1.18. The van der Waals surface area contributed by atoms with E-state index in [-0.39, 0.29) is 11.5 Å². The van der Waals surface area contributed by atoms with Gasteiger partial charge in [-0.3, -0.25) is 4.57 Å². The molecule has 0 aliphatic rings. The third-order valence-electron chi connectivity index (χ3n) is 4.56. The molecule has 1 heterocycles. The zero-order chi connectivity index (χ0) is 20.4. The number of hydrogen-bond donors (Lipinski definition) is 0. The summed E-state index contributed by atoms with van der Waals surface area (Å²) in [5.74, 6) is 1.95. The number of nitrogens with zero attached hydrogens (tertiary/aromatic N) is 2. The first-order chi connectivity index (χ1) is 14.0. The average molecular weight is 408 g/mol. The molecule has 4 rings (SSSR count). The lowest BCUT2D eigenvalue weighted by Crippen LogP contribution is -2.06. The summed E-state index contributed by atoms with van der Waals surface area (Å²) in [6, 6.07) is 22.0. The van der Waals surface area contributed by atoms with Crippen LogP contribution in [0, 0.1) is 0 Å². The highest BCUT2D eigenvalue weighted by molar-refractivity contribution is 7.90. The van der Waals surface area contributed by atoms with Crippen LogP contribution in [0.25, 0.3) is 16.7 Å². The first-order valence-corrected chi connectivity index (χ1v) is 10.9. The zero-order valence-electron chi connectivity index (χ0n) is 16.1. The number of aromatic nitrogens is 2. The van der Waals surface area contributed by atoms with Gasteiger partial charge in [-0.25, -0.2) is 13.4 Å². The van der Waals surface area contributed by atoms with Crippen LogP contribution in [-0.2, 0) is 16.4 Å². The van der Waals surface area contributed by atoms with Gasteiger partial charge in [0.25, 0.3) is 0 Å². The molecule has 0 unspecified atom stereocenters. The van der Waals surface area contributed by atoms with Gasteiger partial charge < -0.3 is 9.47 Å². The third-order valence-corrected chi connectivity index (χ3v) is 5.67. The third kappa shape index (κ3) is 3.95. The summed E-state index contributed by atoms with van der Waals surface area (Å²) in [4.78, 5) is 4.93. The van der Waals surface area contributed by atoms with Crippen molar-refractivity contribution in [1.82, 2.24) is 9.55 Å². The second-order valence-electron chi connectivity index (χ2n) is 6.59. The fourth-order valence-electron chi connectivity index (χ4n) is 3.13. The van der Waals surface area contributed by atoms with Gasteiger partial charge in [-0.15, -0.1) is 0 Å². The van der Waals surface area contributed by atoms with E-state index in [4.69, 9.17) is 14.5 Å². The highest BCUT2D eigenvalue weighted by Crippen LogP contribution is 2.25. The second kappa shape index (κ2) is 7.60. The predicted molar refractivity (Wildman–Crippen MR) is 112 cm³/mol. The molecule has 0 aliphatic carbocycles. The van der Waals surface area contributed by atoms with Crippen LogP contribution in [-0.4, -0.2) is 31.3 Å². The number of fused-ring (bicyclic) bond motifs is 1. The standard InChI is InChI=1S/C22H20N2O4S/c1-27-17-12-10-16(11-13-17)24-21-9-4-3-8-20(21)23-22(24)15-28-18-6-5-7-19(14-18)29(2,25)26/h3-14H,15H2,1-2H3. The molecule has 148 valence electrons. The van der Waals surface area contributed by atoms with E-state index in [0.29, 0.717) is 11.6 Å². The fourth-order valence-corrected chi connectivity index (χ4v) is 3.79. The Morgan fingerprint density at radius 2 is 1.69 bits per heavy atom. The van der Waals surface area contributed by atoms with Crippen molar-refractivity contribution < 1.29 is 17.9 Å². The van der Waals surface area contributed by atoms with Crippen LogP contribution in [0.5, 0.6) is 11.5 Å². The van der Waals surface area contributed by atoms with Gasteiger partial charge >= 0.3 is 0 Å². The van der Waals surface area contributed by atoms with Crippen LogP contribution in [0.2, 0.25) is 0 Å². The van der Waals surface area contributed by atoms with Crippen LogP contribution in [0.15, 0.2) is 77.7 Å². The predicted octanol–water partition coefficient (Wildman–Crippen LogP) is 4.02. The van der Waals surface area contributed by atoms with Gasteiger partial charge in [0.1, 0.15) is 18.1 Å². The molecule has 0 atom stereocenters. The van der Waals surface area contributed by atoms with Crippen molar-refractivity contribution in [3.05, 3.63) is 78.6 Å². The monoisotopic (exact) mass is 408 g/mol. The van der Waals surface area contributed by atoms with Gasteiger partial charge in [0, 0.05) is 11.9 Å². The Hall–Kier alpha value is -3.32. The molecule has 0 aliphatic heterocycles. The zero-order valence-corrected chi connectivity index (χ0v) is 16.9. The molecule has 3 aromatic carbocycles. The van der Waals surface area contributed by atoms with E-state index in [0.717, 1.165) is 22.5 Å². The number of benzene rings is 3. The number of hydrogen-bond acceptors (Lipinski definition) is 5. The Kier molecular flexibility index (Phi) is 4.98. The molecule has 0 radical (unpaired) electrons. The van der Waals surface area contributed by atoms with E-state index in [2.05, 4.69) is 0 Å². The Morgan fingerprint density at radius 1 is 0.931 bits per heavy atom. The number of ether oxygens (including phenoxy) is 2. The van der Waals surface area contributed by atoms with Crippen molar-refractivity contribution in [2.75, 3.05) is 13.4 Å². The summed E-state index contributed by atoms with van der Waals surface area (Å²) >= 11 is 0. The van der Waals surface area contributed by atoms with E-state index < -0.39 is 9.84 Å². The number of methoxy groups -OCH3 is 1.